The molecule has 0 aliphatic heterocycles. The lowest BCUT2D eigenvalue weighted by Crippen LogP contribution is -2.36. The zero-order chi connectivity index (χ0) is 21.7. The van der Waals surface area contributed by atoms with Crippen LogP contribution in [0.15, 0.2) is 30.3 Å². The van der Waals surface area contributed by atoms with Gasteiger partial charge in [0.1, 0.15) is 5.69 Å². The molecule has 2 N–H and O–H groups in total. The number of benzene rings is 2. The highest BCUT2D eigenvalue weighted by molar-refractivity contribution is 6.31. The summed E-state index contributed by atoms with van der Waals surface area (Å²) < 4.78 is 0. The molecule has 0 atom stereocenters. The van der Waals surface area contributed by atoms with Crippen molar-refractivity contribution in [1.82, 2.24) is 4.90 Å². The van der Waals surface area contributed by atoms with Gasteiger partial charge in [-0.15, -0.1) is 0 Å². The van der Waals surface area contributed by atoms with Crippen molar-refractivity contribution in [2.75, 3.05) is 30.8 Å². The van der Waals surface area contributed by atoms with E-state index >= 15 is 0 Å². The van der Waals surface area contributed by atoms with Crippen LogP contribution in [0, 0.1) is 30.9 Å². The van der Waals surface area contributed by atoms with Crippen LogP contribution in [0.25, 0.3) is 0 Å². The number of nitro groups is 1. The van der Waals surface area contributed by atoms with E-state index < -0.39 is 10.8 Å². The van der Waals surface area contributed by atoms with Crippen molar-refractivity contribution >= 4 is 40.5 Å². The van der Waals surface area contributed by atoms with Crippen LogP contribution in [0.5, 0.6) is 0 Å². The Morgan fingerprint density at radius 3 is 2.14 bits per heavy atom. The second-order valence-corrected chi connectivity index (χ2v) is 7.40. The molecular weight excluding hydrogens is 396 g/mol. The number of hydrogen-bond acceptors (Lipinski definition) is 5. The van der Waals surface area contributed by atoms with Crippen molar-refractivity contribution in [2.24, 2.45) is 0 Å². The maximum Gasteiger partial charge on any atom is 0.294 e. The molecule has 2 aromatic carbocycles. The molecule has 2 aromatic rings. The molecule has 0 radical (unpaired) electrons. The number of nitrogens with one attached hydrogen (secondary N) is 2. The summed E-state index contributed by atoms with van der Waals surface area (Å²) in [6.07, 6.45) is 0. The number of anilines is 2. The van der Waals surface area contributed by atoms with Gasteiger partial charge >= 0.3 is 0 Å². The van der Waals surface area contributed by atoms with Gasteiger partial charge in [-0.1, -0.05) is 29.3 Å². The number of aryl methyl sites for hydroxylation is 3. The molecule has 0 aliphatic carbocycles. The Morgan fingerprint density at radius 2 is 1.59 bits per heavy atom. The first-order chi connectivity index (χ1) is 13.6. The number of hydrogen-bond donors (Lipinski definition) is 2. The minimum absolute atomic E-state index is 0.0110. The number of halogens is 1. The van der Waals surface area contributed by atoms with E-state index in [1.165, 1.54) is 23.1 Å². The van der Waals surface area contributed by atoms with Crippen LogP contribution >= 0.6 is 11.6 Å². The second kappa shape index (κ2) is 9.49. The van der Waals surface area contributed by atoms with Crippen LogP contribution < -0.4 is 10.6 Å². The second-order valence-electron chi connectivity index (χ2n) is 6.96. The van der Waals surface area contributed by atoms with E-state index in [-0.39, 0.29) is 35.4 Å². The minimum atomic E-state index is -0.620. The molecule has 9 heteroatoms. The van der Waals surface area contributed by atoms with Crippen molar-refractivity contribution in [1.29, 1.82) is 0 Å². The average Bonchev–Trinajstić information content (AvgIpc) is 2.59. The molecule has 0 aromatic heterocycles. The highest BCUT2D eigenvalue weighted by atomic mass is 35.5. The van der Waals surface area contributed by atoms with Gasteiger partial charge in [0.25, 0.3) is 5.69 Å². The summed E-state index contributed by atoms with van der Waals surface area (Å²) in [6, 6.07) is 7.96. The lowest BCUT2D eigenvalue weighted by molar-refractivity contribution is -0.383. The normalized spacial score (nSPS) is 10.7. The fourth-order valence-electron chi connectivity index (χ4n) is 3.05. The maximum absolute atomic E-state index is 12.3. The Hall–Kier alpha value is -2.97. The minimum Gasteiger partial charge on any atom is -0.324 e. The summed E-state index contributed by atoms with van der Waals surface area (Å²) in [5.41, 5.74) is 3.56. The highest BCUT2D eigenvalue weighted by Gasteiger charge is 2.18. The third-order valence-electron chi connectivity index (χ3n) is 4.20. The van der Waals surface area contributed by atoms with Gasteiger partial charge in [0.2, 0.25) is 11.8 Å². The van der Waals surface area contributed by atoms with E-state index in [0.717, 1.165) is 22.4 Å². The molecule has 0 spiro atoms. The molecule has 0 aliphatic rings. The Balaban J connectivity index is 1.95. The van der Waals surface area contributed by atoms with E-state index in [0.29, 0.717) is 0 Å². The smallest absolute Gasteiger partial charge is 0.294 e. The molecule has 0 saturated carbocycles. The first kappa shape index (κ1) is 22.3. The Kier molecular flexibility index (Phi) is 7.30. The van der Waals surface area contributed by atoms with Crippen LogP contribution in [-0.4, -0.2) is 41.8 Å². The Labute approximate surface area is 174 Å². The number of rotatable bonds is 7. The van der Waals surface area contributed by atoms with Gasteiger partial charge in [0, 0.05) is 16.8 Å². The Morgan fingerprint density at radius 1 is 1.03 bits per heavy atom. The predicted octanol–water partition coefficient (Wildman–Crippen LogP) is 3.68. The Bertz CT molecular complexity index is 938. The zero-order valence-corrected chi connectivity index (χ0v) is 17.5. The number of carbonyl (C=O) groups is 2. The first-order valence-electron chi connectivity index (χ1n) is 8.87. The predicted molar refractivity (Wildman–Crippen MR) is 114 cm³/mol. The monoisotopic (exact) mass is 418 g/mol. The van der Waals surface area contributed by atoms with Crippen LogP contribution in [0.1, 0.15) is 16.7 Å². The van der Waals surface area contributed by atoms with Gasteiger partial charge < -0.3 is 10.6 Å². The van der Waals surface area contributed by atoms with Crippen LogP contribution in [0.2, 0.25) is 5.02 Å². The standard InChI is InChI=1S/C20H23ClN4O4/c1-12-7-13(2)20(14(3)8-12)23-19(27)11-24(4)10-18(26)22-16-6-5-15(21)9-17(16)25(28)29/h5-9H,10-11H2,1-4H3,(H,22,26)(H,23,27). The van der Waals surface area contributed by atoms with Crippen LogP contribution in [-0.2, 0) is 9.59 Å². The quantitative estimate of drug-likeness (QED) is 0.527. The van der Waals surface area contributed by atoms with E-state index in [2.05, 4.69) is 10.6 Å². The van der Waals surface area contributed by atoms with Gasteiger partial charge in [-0.25, -0.2) is 0 Å². The molecule has 2 rings (SSSR count). The SMILES string of the molecule is Cc1cc(C)c(NC(=O)CN(C)CC(=O)Nc2ccc(Cl)cc2[N+](=O)[O-])c(C)c1. The van der Waals surface area contributed by atoms with Crippen LogP contribution in [0.4, 0.5) is 17.1 Å². The zero-order valence-electron chi connectivity index (χ0n) is 16.7. The summed E-state index contributed by atoms with van der Waals surface area (Å²) in [5.74, 6) is -0.735. The average molecular weight is 419 g/mol. The maximum atomic E-state index is 12.3. The fourth-order valence-corrected chi connectivity index (χ4v) is 3.22. The van der Waals surface area contributed by atoms with Crippen molar-refractivity contribution in [3.8, 4) is 0 Å². The molecule has 0 fully saturated rings. The van der Waals surface area contributed by atoms with Gasteiger partial charge in [0.15, 0.2) is 0 Å². The van der Waals surface area contributed by atoms with E-state index in [9.17, 15) is 19.7 Å². The van der Waals surface area contributed by atoms with E-state index in [1.807, 2.05) is 32.9 Å². The van der Waals surface area contributed by atoms with Crippen molar-refractivity contribution in [2.45, 2.75) is 20.8 Å². The topological polar surface area (TPSA) is 105 Å². The molecule has 2 amide bonds. The first-order valence-corrected chi connectivity index (χ1v) is 9.24. The van der Waals surface area contributed by atoms with E-state index in [1.54, 1.807) is 7.05 Å². The number of nitro benzene ring substituents is 1. The molecule has 8 nitrogen and oxygen atoms in total. The van der Waals surface area contributed by atoms with Gasteiger partial charge in [0.05, 0.1) is 18.0 Å². The molecule has 0 bridgehead atoms. The highest BCUT2D eigenvalue weighted by Crippen LogP contribution is 2.27. The molecule has 0 heterocycles. The molecular formula is C20H23ClN4O4. The summed E-state index contributed by atoms with van der Waals surface area (Å²) >= 11 is 5.77. The van der Waals surface area contributed by atoms with Crippen molar-refractivity contribution in [3.63, 3.8) is 0 Å². The largest absolute Gasteiger partial charge is 0.324 e. The molecule has 0 unspecified atom stereocenters. The number of carbonyl (C=O) groups excluding carboxylic acids is 2. The number of likely N-dealkylation sites (N-methyl/N-ethyl adjacent to an activating group) is 1. The van der Waals surface area contributed by atoms with Gasteiger partial charge in [-0.05, 0) is 51.1 Å². The van der Waals surface area contributed by atoms with Crippen LogP contribution in [0.3, 0.4) is 0 Å². The van der Waals surface area contributed by atoms with Gasteiger partial charge in [-0.3, -0.25) is 24.6 Å². The van der Waals surface area contributed by atoms with Crippen molar-refractivity contribution in [3.05, 3.63) is 62.2 Å². The van der Waals surface area contributed by atoms with Gasteiger partial charge in [-0.2, -0.15) is 0 Å². The summed E-state index contributed by atoms with van der Waals surface area (Å²) in [5, 5.41) is 16.7. The summed E-state index contributed by atoms with van der Waals surface area (Å²) in [4.78, 5) is 36.6. The van der Waals surface area contributed by atoms with E-state index in [4.69, 9.17) is 11.6 Å². The fraction of sp³-hybridized carbons (Fsp3) is 0.300. The lowest BCUT2D eigenvalue weighted by Gasteiger charge is -2.18. The molecule has 0 saturated heterocycles. The molecule has 154 valence electrons. The lowest BCUT2D eigenvalue weighted by atomic mass is 10.1. The molecule has 29 heavy (non-hydrogen) atoms. The number of nitrogens with zero attached hydrogens (tertiary/aromatic N) is 2. The van der Waals surface area contributed by atoms with Crippen molar-refractivity contribution < 1.29 is 14.5 Å². The third kappa shape index (κ3) is 6.27. The number of amides is 2. The third-order valence-corrected chi connectivity index (χ3v) is 4.43. The summed E-state index contributed by atoms with van der Waals surface area (Å²) in [7, 11) is 1.62. The summed E-state index contributed by atoms with van der Waals surface area (Å²) in [6.45, 7) is 5.71.